The number of nitrogens with zero attached hydrogens (tertiary/aromatic N) is 1. The standard InChI is InChI=1S/C19H31N3O7.C3H7NO.C2H7N.2C2H6.CH4O/c1-14(24)9-10-22(15(2)25)16(12-20-17(26)6-3-4-11-23)13-21-18(27)7-5-8-19(28)29;1-3(5)4-2;1-3-2;3*1-2/h11,16H,3-10,12-13H2,1-2H3,(H,20,26)(H,21,27)(H,28,29);1-2H3,(H,4,5);3H,1-2H3;2*1-2H3;2H,1H3. The molecule has 256 valence electrons. The zero-order chi connectivity index (χ0) is 35.2. The Hall–Kier alpha value is -3.39. The molecule has 0 aromatic heterocycles. The first-order valence-corrected chi connectivity index (χ1v) is 14.5. The van der Waals surface area contributed by atoms with E-state index in [4.69, 9.17) is 10.2 Å². The average molecular weight is 624 g/mol. The van der Waals surface area contributed by atoms with Crippen LogP contribution in [0, 0.1) is 0 Å². The van der Waals surface area contributed by atoms with Crippen LogP contribution in [-0.4, -0.2) is 111 Å². The van der Waals surface area contributed by atoms with Gasteiger partial charge in [0.2, 0.25) is 23.6 Å². The number of carbonyl (C=O) groups excluding carboxylic acids is 6. The van der Waals surface area contributed by atoms with E-state index < -0.39 is 12.0 Å². The minimum Gasteiger partial charge on any atom is -0.481 e. The van der Waals surface area contributed by atoms with Crippen molar-refractivity contribution < 1.29 is 43.8 Å². The molecule has 0 saturated carbocycles. The Morgan fingerprint density at radius 1 is 0.744 bits per heavy atom. The second-order valence-corrected chi connectivity index (χ2v) is 8.04. The van der Waals surface area contributed by atoms with Crippen molar-refractivity contribution in [2.24, 2.45) is 0 Å². The first-order valence-electron chi connectivity index (χ1n) is 14.5. The van der Waals surface area contributed by atoms with Gasteiger partial charge in [-0.3, -0.25) is 28.8 Å². The smallest absolute Gasteiger partial charge is 0.303 e. The molecule has 1 atom stereocenters. The lowest BCUT2D eigenvalue weighted by molar-refractivity contribution is -0.137. The summed E-state index contributed by atoms with van der Waals surface area (Å²) in [6.07, 6.45) is 1.85. The predicted molar refractivity (Wildman–Crippen MR) is 169 cm³/mol. The predicted octanol–water partition coefficient (Wildman–Crippen LogP) is 1.29. The molecule has 0 aliphatic heterocycles. The summed E-state index contributed by atoms with van der Waals surface area (Å²) >= 11 is 0. The molecule has 0 rings (SSSR count). The minimum atomic E-state index is -0.986. The number of hydrogen-bond donors (Lipinski definition) is 6. The van der Waals surface area contributed by atoms with E-state index in [0.29, 0.717) is 6.42 Å². The van der Waals surface area contributed by atoms with Gasteiger partial charge in [-0.15, -0.1) is 0 Å². The Balaban J connectivity index is -0.000000206. The van der Waals surface area contributed by atoms with Crippen molar-refractivity contribution >= 4 is 41.7 Å². The van der Waals surface area contributed by atoms with Crippen molar-refractivity contribution in [1.29, 1.82) is 0 Å². The molecule has 14 heteroatoms. The first-order chi connectivity index (χ1) is 20.4. The molecule has 0 aromatic carbocycles. The van der Waals surface area contributed by atoms with Crippen molar-refractivity contribution in [3.05, 3.63) is 0 Å². The molecule has 43 heavy (non-hydrogen) atoms. The Bertz CT molecular complexity index is 720. The number of carboxylic acid groups (broad SMARTS) is 1. The molecule has 14 nitrogen and oxygen atoms in total. The van der Waals surface area contributed by atoms with Crippen LogP contribution in [0.15, 0.2) is 0 Å². The van der Waals surface area contributed by atoms with Crippen molar-refractivity contribution in [3.8, 4) is 0 Å². The third kappa shape index (κ3) is 48.7. The summed E-state index contributed by atoms with van der Waals surface area (Å²) in [4.78, 5) is 79.1. The number of aldehydes is 1. The molecule has 0 aromatic rings. The molecule has 0 spiro atoms. The summed E-state index contributed by atoms with van der Waals surface area (Å²) in [6.45, 7) is 12.5. The van der Waals surface area contributed by atoms with Crippen LogP contribution in [-0.2, 0) is 33.6 Å². The molecular weight excluding hydrogens is 562 g/mol. The Labute approximate surface area is 259 Å². The third-order valence-corrected chi connectivity index (χ3v) is 4.49. The molecule has 0 radical (unpaired) electrons. The second-order valence-electron chi connectivity index (χ2n) is 8.04. The Morgan fingerprint density at radius 2 is 1.14 bits per heavy atom. The lowest BCUT2D eigenvalue weighted by atomic mass is 10.1. The van der Waals surface area contributed by atoms with Gasteiger partial charge in [-0.25, -0.2) is 0 Å². The molecule has 4 amide bonds. The fourth-order valence-corrected chi connectivity index (χ4v) is 2.55. The number of rotatable bonds is 16. The van der Waals surface area contributed by atoms with Crippen LogP contribution in [0.3, 0.4) is 0 Å². The number of amides is 4. The molecule has 6 N–H and O–H groups in total. The first kappa shape index (κ1) is 52.3. The van der Waals surface area contributed by atoms with Gasteiger partial charge >= 0.3 is 5.97 Å². The van der Waals surface area contributed by atoms with E-state index in [-0.39, 0.29) is 87.6 Å². The van der Waals surface area contributed by atoms with Gasteiger partial charge in [0.25, 0.3) is 0 Å². The highest BCUT2D eigenvalue weighted by Gasteiger charge is 2.22. The highest BCUT2D eigenvalue weighted by atomic mass is 16.4. The van der Waals surface area contributed by atoms with Gasteiger partial charge in [0.05, 0.1) is 6.04 Å². The summed E-state index contributed by atoms with van der Waals surface area (Å²) in [5.74, 6) is -2.01. The molecular formula is C29H61N5O9. The summed E-state index contributed by atoms with van der Waals surface area (Å²) in [7, 11) is 6.35. The molecule has 0 saturated heterocycles. The van der Waals surface area contributed by atoms with Gasteiger partial charge in [-0.1, -0.05) is 27.7 Å². The molecule has 0 fully saturated rings. The number of aliphatic carboxylic acids is 1. The van der Waals surface area contributed by atoms with Crippen LogP contribution >= 0.6 is 0 Å². The van der Waals surface area contributed by atoms with Crippen LogP contribution in [0.4, 0.5) is 0 Å². The summed E-state index contributed by atoms with van der Waals surface area (Å²) in [5, 5.41) is 26.1. The van der Waals surface area contributed by atoms with Gasteiger partial charge in [-0.2, -0.15) is 0 Å². The van der Waals surface area contributed by atoms with Crippen LogP contribution < -0.4 is 21.3 Å². The Morgan fingerprint density at radius 3 is 1.44 bits per heavy atom. The summed E-state index contributed by atoms with van der Waals surface area (Å²) in [6, 6.07) is -0.565. The van der Waals surface area contributed by atoms with Crippen LogP contribution in [0.25, 0.3) is 0 Å². The topological polar surface area (TPSA) is 211 Å². The number of aliphatic hydroxyl groups excluding tert-OH is 1. The second kappa shape index (κ2) is 43.1. The summed E-state index contributed by atoms with van der Waals surface area (Å²) < 4.78 is 0. The van der Waals surface area contributed by atoms with E-state index in [2.05, 4.69) is 21.3 Å². The van der Waals surface area contributed by atoms with Crippen molar-refractivity contribution in [3.63, 3.8) is 0 Å². The normalized spacial score (nSPS) is 9.21. The fraction of sp³-hybridized carbons (Fsp3) is 0.759. The number of Topliss-reactive ketones (excluding diaryl/α,β-unsaturated/α-hetero) is 1. The van der Waals surface area contributed by atoms with Gasteiger partial charge < -0.3 is 41.2 Å². The molecule has 0 heterocycles. The van der Waals surface area contributed by atoms with Crippen molar-refractivity contribution in [2.45, 2.75) is 99.5 Å². The number of aliphatic hydroxyl groups is 1. The third-order valence-electron chi connectivity index (χ3n) is 4.49. The van der Waals surface area contributed by atoms with Crippen molar-refractivity contribution in [1.82, 2.24) is 26.2 Å². The SMILES string of the molecule is CC.CC.CC(=O)CCN(C(C)=O)C(CNC(=O)CCCC=O)CNC(=O)CCCC(=O)O.CNC.CNC(C)=O.CO. The van der Waals surface area contributed by atoms with E-state index in [0.717, 1.165) is 13.4 Å². The van der Waals surface area contributed by atoms with E-state index >= 15 is 0 Å². The maximum absolute atomic E-state index is 12.0. The zero-order valence-corrected chi connectivity index (χ0v) is 28.4. The number of nitrogens with one attached hydrogen (secondary N) is 4. The van der Waals surface area contributed by atoms with Crippen LogP contribution in [0.1, 0.15) is 93.4 Å². The monoisotopic (exact) mass is 623 g/mol. The molecule has 1 unspecified atom stereocenters. The van der Waals surface area contributed by atoms with Gasteiger partial charge in [0.1, 0.15) is 12.1 Å². The number of ketones is 1. The average Bonchev–Trinajstić information content (AvgIpc) is 2.97. The quantitative estimate of drug-likeness (QED) is 0.107. The maximum Gasteiger partial charge on any atom is 0.303 e. The molecule has 0 aliphatic rings. The highest BCUT2D eigenvalue weighted by molar-refractivity contribution is 5.79. The Kier molecular flexibility index (Phi) is 52.4. The number of hydrogen-bond acceptors (Lipinski definition) is 9. The van der Waals surface area contributed by atoms with Gasteiger partial charge in [0.15, 0.2) is 0 Å². The maximum atomic E-state index is 12.0. The van der Waals surface area contributed by atoms with Crippen molar-refractivity contribution in [2.75, 3.05) is 47.9 Å². The van der Waals surface area contributed by atoms with E-state index in [1.54, 1.807) is 7.05 Å². The zero-order valence-electron chi connectivity index (χ0n) is 28.4. The van der Waals surface area contributed by atoms with Crippen LogP contribution in [0.2, 0.25) is 0 Å². The highest BCUT2D eigenvalue weighted by Crippen LogP contribution is 2.04. The van der Waals surface area contributed by atoms with Crippen LogP contribution in [0.5, 0.6) is 0 Å². The lowest BCUT2D eigenvalue weighted by Gasteiger charge is -2.31. The van der Waals surface area contributed by atoms with Gasteiger partial charge in [0, 0.05) is 79.7 Å². The lowest BCUT2D eigenvalue weighted by Crippen LogP contribution is -2.52. The fourth-order valence-electron chi connectivity index (χ4n) is 2.55. The van der Waals surface area contributed by atoms with Gasteiger partial charge in [-0.05, 0) is 33.9 Å². The number of carbonyl (C=O) groups is 7. The van der Waals surface area contributed by atoms with E-state index in [9.17, 15) is 33.6 Å². The largest absolute Gasteiger partial charge is 0.481 e. The van der Waals surface area contributed by atoms with E-state index in [1.807, 2.05) is 41.8 Å². The number of unbranched alkanes of at least 4 members (excludes halogenated alkanes) is 1. The minimum absolute atomic E-state index is 0.00463. The summed E-state index contributed by atoms with van der Waals surface area (Å²) in [5.41, 5.74) is 0. The molecule has 0 bridgehead atoms. The van der Waals surface area contributed by atoms with E-state index in [1.165, 1.54) is 25.7 Å². The molecule has 0 aliphatic carbocycles. The number of carboxylic acids is 1.